The molecule has 0 fully saturated rings. The molecule has 0 radical (unpaired) electrons. The highest BCUT2D eigenvalue weighted by Gasteiger charge is 2.09. The smallest absolute Gasteiger partial charge is 0.0598 e. The number of nitrogens with one attached hydrogen (secondary N) is 1. The van der Waals surface area contributed by atoms with E-state index in [1.807, 2.05) is 19.2 Å². The van der Waals surface area contributed by atoms with E-state index in [9.17, 15) is 0 Å². The minimum atomic E-state index is -0.152. The Morgan fingerprint density at radius 3 is 2.79 bits per heavy atom. The predicted molar refractivity (Wildman–Crippen MR) is 53.6 cm³/mol. The summed E-state index contributed by atoms with van der Waals surface area (Å²) >= 11 is 0. The van der Waals surface area contributed by atoms with E-state index < -0.39 is 0 Å². The van der Waals surface area contributed by atoms with E-state index in [1.54, 1.807) is 18.6 Å². The second-order valence-corrected chi connectivity index (χ2v) is 3.30. The van der Waals surface area contributed by atoms with E-state index >= 15 is 0 Å². The van der Waals surface area contributed by atoms with Gasteiger partial charge in [-0.3, -0.25) is 10.1 Å². The lowest BCUT2D eigenvalue weighted by molar-refractivity contribution is 0.861. The molecule has 0 aliphatic carbocycles. The highest BCUT2D eigenvalue weighted by Crippen LogP contribution is 2.17. The fourth-order valence-corrected chi connectivity index (χ4v) is 1.37. The Morgan fingerprint density at radius 2 is 2.14 bits per heavy atom. The third kappa shape index (κ3) is 1.65. The maximum Gasteiger partial charge on any atom is 0.0598 e. The quantitative estimate of drug-likeness (QED) is 0.743. The van der Waals surface area contributed by atoms with Gasteiger partial charge in [-0.1, -0.05) is 6.07 Å². The second kappa shape index (κ2) is 3.59. The zero-order valence-corrected chi connectivity index (χ0v) is 7.94. The molecular weight excluding hydrogens is 176 g/mol. The van der Waals surface area contributed by atoms with Crippen LogP contribution >= 0.6 is 0 Å². The van der Waals surface area contributed by atoms with E-state index in [0.717, 1.165) is 16.7 Å². The second-order valence-electron chi connectivity index (χ2n) is 3.30. The average Bonchev–Trinajstić information content (AvgIpc) is 2.69. The molecule has 14 heavy (non-hydrogen) atoms. The van der Waals surface area contributed by atoms with Gasteiger partial charge in [-0.25, -0.2) is 0 Å². The molecule has 2 aromatic rings. The topological polar surface area (TPSA) is 67.6 Å². The molecule has 1 unspecified atom stereocenters. The molecule has 0 saturated carbocycles. The Kier molecular flexibility index (Phi) is 2.28. The van der Waals surface area contributed by atoms with E-state index in [4.69, 9.17) is 5.73 Å². The number of aromatic nitrogens is 3. The normalized spacial score (nSPS) is 12.7. The van der Waals surface area contributed by atoms with Crippen LogP contribution in [0.3, 0.4) is 0 Å². The Labute approximate surface area is 82.2 Å². The van der Waals surface area contributed by atoms with Crippen LogP contribution in [-0.4, -0.2) is 15.2 Å². The van der Waals surface area contributed by atoms with Crippen molar-refractivity contribution in [3.8, 4) is 0 Å². The van der Waals surface area contributed by atoms with Crippen LogP contribution in [0.15, 0.2) is 30.9 Å². The van der Waals surface area contributed by atoms with Gasteiger partial charge in [-0.05, 0) is 18.1 Å². The summed E-state index contributed by atoms with van der Waals surface area (Å²) in [6.07, 6.45) is 7.12. The van der Waals surface area contributed by atoms with Crippen molar-refractivity contribution in [2.24, 2.45) is 5.73 Å². The molecule has 2 aromatic heterocycles. The average molecular weight is 188 g/mol. The zero-order chi connectivity index (χ0) is 9.97. The van der Waals surface area contributed by atoms with Crippen LogP contribution in [0.1, 0.15) is 22.7 Å². The van der Waals surface area contributed by atoms with E-state index in [-0.39, 0.29) is 6.04 Å². The summed E-state index contributed by atoms with van der Waals surface area (Å²) in [6.45, 7) is 2.00. The van der Waals surface area contributed by atoms with Crippen molar-refractivity contribution < 1.29 is 0 Å². The molecule has 0 aliphatic heterocycles. The fraction of sp³-hybridized carbons (Fsp3) is 0.200. The van der Waals surface area contributed by atoms with Gasteiger partial charge in [0.05, 0.1) is 12.2 Å². The highest BCUT2D eigenvalue weighted by atomic mass is 15.1. The van der Waals surface area contributed by atoms with Gasteiger partial charge in [0.1, 0.15) is 0 Å². The summed E-state index contributed by atoms with van der Waals surface area (Å²) < 4.78 is 0. The molecule has 0 amide bonds. The van der Waals surface area contributed by atoms with E-state index in [1.165, 1.54) is 0 Å². The maximum absolute atomic E-state index is 6.03. The van der Waals surface area contributed by atoms with Crippen LogP contribution in [0, 0.1) is 6.92 Å². The first kappa shape index (κ1) is 8.90. The molecular formula is C10H12N4. The van der Waals surface area contributed by atoms with Crippen molar-refractivity contribution in [1.29, 1.82) is 0 Å². The van der Waals surface area contributed by atoms with Gasteiger partial charge >= 0.3 is 0 Å². The molecule has 0 bridgehead atoms. The Hall–Kier alpha value is -1.68. The number of hydrogen-bond donors (Lipinski definition) is 2. The largest absolute Gasteiger partial charge is 0.320 e. The maximum atomic E-state index is 6.03. The van der Waals surface area contributed by atoms with E-state index in [2.05, 4.69) is 15.2 Å². The number of H-pyrrole nitrogens is 1. The van der Waals surface area contributed by atoms with Crippen molar-refractivity contribution in [2.75, 3.05) is 0 Å². The first-order valence-electron chi connectivity index (χ1n) is 4.43. The standard InChI is InChI=1S/C10H12N4/c1-7-2-8(4-12-3-7)10(11)9-5-13-14-6-9/h2-6,10H,11H2,1H3,(H,13,14). The first-order chi connectivity index (χ1) is 6.77. The van der Waals surface area contributed by atoms with Crippen molar-refractivity contribution in [2.45, 2.75) is 13.0 Å². The number of rotatable bonds is 2. The molecule has 1 atom stereocenters. The Balaban J connectivity index is 2.32. The monoisotopic (exact) mass is 188 g/mol. The number of nitrogens with zero attached hydrogens (tertiary/aromatic N) is 2. The lowest BCUT2D eigenvalue weighted by Gasteiger charge is -2.09. The van der Waals surface area contributed by atoms with Crippen molar-refractivity contribution in [1.82, 2.24) is 15.2 Å². The summed E-state index contributed by atoms with van der Waals surface area (Å²) in [5.41, 5.74) is 9.12. The molecule has 0 aromatic carbocycles. The minimum absolute atomic E-state index is 0.152. The van der Waals surface area contributed by atoms with Crippen LogP contribution < -0.4 is 5.73 Å². The number of aromatic amines is 1. The first-order valence-corrected chi connectivity index (χ1v) is 4.43. The van der Waals surface area contributed by atoms with Gasteiger partial charge in [0.2, 0.25) is 0 Å². The summed E-state index contributed by atoms with van der Waals surface area (Å²) in [4.78, 5) is 4.10. The molecule has 0 saturated heterocycles. The van der Waals surface area contributed by atoms with Gasteiger partial charge < -0.3 is 5.73 Å². The van der Waals surface area contributed by atoms with Gasteiger partial charge in [0.15, 0.2) is 0 Å². The van der Waals surface area contributed by atoms with Crippen LogP contribution in [0.4, 0.5) is 0 Å². The number of pyridine rings is 1. The van der Waals surface area contributed by atoms with Crippen molar-refractivity contribution in [3.05, 3.63) is 47.5 Å². The van der Waals surface area contributed by atoms with Crippen molar-refractivity contribution in [3.63, 3.8) is 0 Å². The number of nitrogens with two attached hydrogens (primary N) is 1. The SMILES string of the molecule is Cc1cncc(C(N)c2cn[nH]c2)c1. The van der Waals surface area contributed by atoms with Crippen LogP contribution in [0.5, 0.6) is 0 Å². The van der Waals surface area contributed by atoms with Crippen molar-refractivity contribution >= 4 is 0 Å². The third-order valence-electron chi connectivity index (χ3n) is 2.13. The molecule has 2 rings (SSSR count). The molecule has 0 spiro atoms. The number of aryl methyl sites for hydroxylation is 1. The lowest BCUT2D eigenvalue weighted by Crippen LogP contribution is -2.11. The summed E-state index contributed by atoms with van der Waals surface area (Å²) in [5.74, 6) is 0. The highest BCUT2D eigenvalue weighted by molar-refractivity contribution is 5.28. The summed E-state index contributed by atoms with van der Waals surface area (Å²) in [7, 11) is 0. The van der Waals surface area contributed by atoms with Crippen LogP contribution in [0.25, 0.3) is 0 Å². The molecule has 0 aliphatic rings. The lowest BCUT2D eigenvalue weighted by atomic mass is 10.0. The fourth-order valence-electron chi connectivity index (χ4n) is 1.37. The molecule has 2 heterocycles. The Bertz CT molecular complexity index is 408. The van der Waals surface area contributed by atoms with Gasteiger partial charge in [0.25, 0.3) is 0 Å². The van der Waals surface area contributed by atoms with Gasteiger partial charge in [0, 0.05) is 24.2 Å². The minimum Gasteiger partial charge on any atom is -0.320 e. The third-order valence-corrected chi connectivity index (χ3v) is 2.13. The number of hydrogen-bond acceptors (Lipinski definition) is 3. The van der Waals surface area contributed by atoms with Gasteiger partial charge in [-0.15, -0.1) is 0 Å². The summed E-state index contributed by atoms with van der Waals surface area (Å²) in [6, 6.07) is 1.88. The Morgan fingerprint density at radius 1 is 1.29 bits per heavy atom. The van der Waals surface area contributed by atoms with Gasteiger partial charge in [-0.2, -0.15) is 5.10 Å². The van der Waals surface area contributed by atoms with Crippen LogP contribution in [0.2, 0.25) is 0 Å². The molecule has 3 N–H and O–H groups in total. The predicted octanol–water partition coefficient (Wildman–Crippen LogP) is 1.16. The van der Waals surface area contributed by atoms with E-state index in [0.29, 0.717) is 0 Å². The molecule has 4 heteroatoms. The zero-order valence-electron chi connectivity index (χ0n) is 7.94. The molecule has 4 nitrogen and oxygen atoms in total. The van der Waals surface area contributed by atoms with Crippen LogP contribution in [-0.2, 0) is 0 Å². The molecule has 72 valence electrons. The summed E-state index contributed by atoms with van der Waals surface area (Å²) in [5, 5.41) is 6.61.